The van der Waals surface area contributed by atoms with Gasteiger partial charge in [0.2, 0.25) is 10.0 Å². The van der Waals surface area contributed by atoms with E-state index in [4.69, 9.17) is 4.52 Å². The summed E-state index contributed by atoms with van der Waals surface area (Å²) in [6.07, 6.45) is 3.02. The third-order valence-electron chi connectivity index (χ3n) is 2.37. The molecule has 6 heteroatoms. The third kappa shape index (κ3) is 5.83. The lowest BCUT2D eigenvalue weighted by Crippen LogP contribution is -2.27. The zero-order valence-electron chi connectivity index (χ0n) is 10.4. The highest BCUT2D eigenvalue weighted by Gasteiger charge is 2.08. The van der Waals surface area contributed by atoms with Crippen molar-refractivity contribution in [2.75, 3.05) is 12.3 Å². The molecular formula is C11H20N2O3S. The lowest BCUT2D eigenvalue weighted by atomic mass is 10.2. The lowest BCUT2D eigenvalue weighted by molar-refractivity contribution is 0.377. The summed E-state index contributed by atoms with van der Waals surface area (Å²) in [5, 5.41) is 3.77. The zero-order valence-corrected chi connectivity index (χ0v) is 11.2. The van der Waals surface area contributed by atoms with Crippen LogP contribution in [0.25, 0.3) is 0 Å². The molecule has 0 bridgehead atoms. The maximum absolute atomic E-state index is 11.5. The summed E-state index contributed by atoms with van der Waals surface area (Å²) in [4.78, 5) is 0. The summed E-state index contributed by atoms with van der Waals surface area (Å²) in [7, 11) is -3.09. The van der Waals surface area contributed by atoms with E-state index in [1.807, 2.05) is 19.9 Å². The van der Waals surface area contributed by atoms with Gasteiger partial charge < -0.3 is 4.52 Å². The molecule has 0 saturated heterocycles. The Kier molecular flexibility index (Phi) is 5.64. The molecule has 1 aromatic rings. The number of aryl methyl sites for hydroxylation is 2. The maximum atomic E-state index is 11.5. The zero-order chi connectivity index (χ0) is 12.7. The van der Waals surface area contributed by atoms with Crippen LogP contribution >= 0.6 is 0 Å². The van der Waals surface area contributed by atoms with Crippen LogP contribution in [0.15, 0.2) is 10.6 Å². The highest BCUT2D eigenvalue weighted by Crippen LogP contribution is 2.04. The number of unbranched alkanes of at least 4 members (excludes halogenated alkanes) is 1. The number of aromatic nitrogens is 1. The summed E-state index contributed by atoms with van der Waals surface area (Å²) in [5.74, 6) is 1.01. The summed E-state index contributed by atoms with van der Waals surface area (Å²) in [5.41, 5.74) is 0.850. The molecule has 0 aliphatic heterocycles. The minimum atomic E-state index is -3.09. The van der Waals surface area contributed by atoms with E-state index < -0.39 is 10.0 Å². The molecular weight excluding hydrogens is 240 g/mol. The molecule has 1 heterocycles. The molecule has 1 N–H and O–H groups in total. The van der Waals surface area contributed by atoms with E-state index in [9.17, 15) is 8.42 Å². The highest BCUT2D eigenvalue weighted by molar-refractivity contribution is 7.89. The highest BCUT2D eigenvalue weighted by atomic mass is 32.2. The molecule has 0 saturated carbocycles. The van der Waals surface area contributed by atoms with Crippen LogP contribution in [0.2, 0.25) is 0 Å². The fraction of sp³-hybridized carbons (Fsp3) is 0.727. The minimum absolute atomic E-state index is 0.213. The van der Waals surface area contributed by atoms with Gasteiger partial charge in [-0.25, -0.2) is 13.1 Å². The molecule has 0 spiro atoms. The van der Waals surface area contributed by atoms with E-state index >= 15 is 0 Å². The van der Waals surface area contributed by atoms with Crippen molar-refractivity contribution in [3.63, 3.8) is 0 Å². The first-order chi connectivity index (χ1) is 8.03. The van der Waals surface area contributed by atoms with Gasteiger partial charge in [0.1, 0.15) is 5.76 Å². The summed E-state index contributed by atoms with van der Waals surface area (Å²) in [6, 6.07) is 1.87. The third-order valence-corrected chi connectivity index (χ3v) is 3.84. The molecule has 0 fully saturated rings. The van der Waals surface area contributed by atoms with Crippen molar-refractivity contribution in [1.82, 2.24) is 9.88 Å². The van der Waals surface area contributed by atoms with E-state index in [2.05, 4.69) is 9.88 Å². The van der Waals surface area contributed by atoms with Gasteiger partial charge in [0.25, 0.3) is 0 Å². The van der Waals surface area contributed by atoms with Crippen molar-refractivity contribution >= 4 is 10.0 Å². The van der Waals surface area contributed by atoms with Gasteiger partial charge >= 0.3 is 0 Å². The van der Waals surface area contributed by atoms with Crippen molar-refractivity contribution in [3.05, 3.63) is 17.5 Å². The molecule has 0 amide bonds. The van der Waals surface area contributed by atoms with Crippen molar-refractivity contribution in [3.8, 4) is 0 Å². The van der Waals surface area contributed by atoms with Crippen LogP contribution in [-0.2, 0) is 16.4 Å². The van der Waals surface area contributed by atoms with Crippen molar-refractivity contribution in [1.29, 1.82) is 0 Å². The molecule has 0 aliphatic carbocycles. The first-order valence-corrected chi connectivity index (χ1v) is 7.58. The van der Waals surface area contributed by atoms with Gasteiger partial charge in [0, 0.05) is 19.0 Å². The average molecular weight is 260 g/mol. The predicted molar refractivity (Wildman–Crippen MR) is 66.3 cm³/mol. The van der Waals surface area contributed by atoms with Gasteiger partial charge in [-0.05, 0) is 19.8 Å². The van der Waals surface area contributed by atoms with Gasteiger partial charge in [0.05, 0.1) is 11.4 Å². The topological polar surface area (TPSA) is 72.2 Å². The van der Waals surface area contributed by atoms with Crippen molar-refractivity contribution in [2.45, 2.75) is 39.5 Å². The summed E-state index contributed by atoms with van der Waals surface area (Å²) >= 11 is 0. The molecule has 1 aromatic heterocycles. The van der Waals surface area contributed by atoms with Gasteiger partial charge in [-0.3, -0.25) is 0 Å². The SMILES string of the molecule is CCCCS(=O)(=O)NCCCc1cc(C)no1. The van der Waals surface area contributed by atoms with Crippen LogP contribution in [0.1, 0.15) is 37.6 Å². The Hall–Kier alpha value is -0.880. The molecule has 0 radical (unpaired) electrons. The number of rotatable bonds is 8. The molecule has 0 aromatic carbocycles. The average Bonchev–Trinajstić information content (AvgIpc) is 2.68. The van der Waals surface area contributed by atoms with Crippen LogP contribution in [0, 0.1) is 6.92 Å². The van der Waals surface area contributed by atoms with Gasteiger partial charge in [0.15, 0.2) is 0 Å². The van der Waals surface area contributed by atoms with Gasteiger partial charge in [-0.15, -0.1) is 0 Å². The Balaban J connectivity index is 2.19. The van der Waals surface area contributed by atoms with Crippen LogP contribution in [0.5, 0.6) is 0 Å². The second-order valence-corrected chi connectivity index (χ2v) is 6.03. The Labute approximate surface area is 103 Å². The molecule has 0 atom stereocenters. The van der Waals surface area contributed by atoms with E-state index in [1.165, 1.54) is 0 Å². The van der Waals surface area contributed by atoms with Crippen molar-refractivity contribution in [2.24, 2.45) is 0 Å². The molecule has 0 aliphatic rings. The Morgan fingerprint density at radius 2 is 2.18 bits per heavy atom. The van der Waals surface area contributed by atoms with Crippen LogP contribution in [-0.4, -0.2) is 25.9 Å². The fourth-order valence-corrected chi connectivity index (χ4v) is 2.70. The second-order valence-electron chi connectivity index (χ2n) is 4.10. The number of hydrogen-bond acceptors (Lipinski definition) is 4. The first kappa shape index (κ1) is 14.2. The maximum Gasteiger partial charge on any atom is 0.211 e. The molecule has 0 unspecified atom stereocenters. The monoisotopic (exact) mass is 260 g/mol. The van der Waals surface area contributed by atoms with Crippen LogP contribution in [0.4, 0.5) is 0 Å². The molecule has 98 valence electrons. The van der Waals surface area contributed by atoms with Crippen LogP contribution in [0.3, 0.4) is 0 Å². The Morgan fingerprint density at radius 1 is 1.41 bits per heavy atom. The Bertz CT molecular complexity index is 426. The van der Waals surface area contributed by atoms with Crippen LogP contribution < -0.4 is 4.72 Å². The Morgan fingerprint density at radius 3 is 2.76 bits per heavy atom. The quantitative estimate of drug-likeness (QED) is 0.721. The number of sulfonamides is 1. The molecule has 1 rings (SSSR count). The predicted octanol–water partition coefficient (Wildman–Crippen LogP) is 1.64. The van der Waals surface area contributed by atoms with E-state index in [-0.39, 0.29) is 5.75 Å². The number of nitrogens with one attached hydrogen (secondary N) is 1. The van der Waals surface area contributed by atoms with E-state index in [0.717, 1.165) is 24.3 Å². The number of hydrogen-bond donors (Lipinski definition) is 1. The number of nitrogens with zero attached hydrogens (tertiary/aromatic N) is 1. The van der Waals surface area contributed by atoms with E-state index in [0.29, 0.717) is 19.4 Å². The lowest BCUT2D eigenvalue weighted by Gasteiger charge is -2.04. The van der Waals surface area contributed by atoms with Gasteiger partial charge in [-0.1, -0.05) is 18.5 Å². The minimum Gasteiger partial charge on any atom is -0.361 e. The first-order valence-electron chi connectivity index (χ1n) is 5.93. The van der Waals surface area contributed by atoms with Crippen molar-refractivity contribution < 1.29 is 12.9 Å². The smallest absolute Gasteiger partial charge is 0.211 e. The largest absolute Gasteiger partial charge is 0.361 e. The van der Waals surface area contributed by atoms with Gasteiger partial charge in [-0.2, -0.15) is 0 Å². The second kappa shape index (κ2) is 6.76. The normalized spacial score (nSPS) is 11.9. The standard InChI is InChI=1S/C11H20N2O3S/c1-3-4-8-17(14,15)12-7-5-6-11-9-10(2)13-16-11/h9,12H,3-8H2,1-2H3. The summed E-state index contributed by atoms with van der Waals surface area (Å²) in [6.45, 7) is 4.29. The summed E-state index contributed by atoms with van der Waals surface area (Å²) < 4.78 is 30.5. The fourth-order valence-electron chi connectivity index (χ4n) is 1.43. The molecule has 17 heavy (non-hydrogen) atoms. The van der Waals surface area contributed by atoms with E-state index in [1.54, 1.807) is 0 Å². The molecule has 5 nitrogen and oxygen atoms in total.